The summed E-state index contributed by atoms with van der Waals surface area (Å²) in [6.07, 6.45) is 1.28. The molecule has 0 radical (unpaired) electrons. The molecule has 1 unspecified atom stereocenters. The Labute approximate surface area is 114 Å². The third-order valence-electron chi connectivity index (χ3n) is 2.56. The lowest BCUT2D eigenvalue weighted by Gasteiger charge is -2.10. The molecule has 1 aromatic rings. The zero-order valence-electron chi connectivity index (χ0n) is 8.69. The molecule has 8 heteroatoms. The molecule has 0 aliphatic heterocycles. The van der Waals surface area contributed by atoms with Crippen LogP contribution in [0.4, 0.5) is 0 Å². The van der Waals surface area contributed by atoms with Crippen molar-refractivity contribution in [1.29, 1.82) is 0 Å². The molecule has 1 heterocycles. The van der Waals surface area contributed by atoms with E-state index in [1.165, 1.54) is 6.07 Å². The summed E-state index contributed by atoms with van der Waals surface area (Å²) in [5, 5.41) is 9.59. The van der Waals surface area contributed by atoms with Crippen molar-refractivity contribution in [2.75, 3.05) is 6.54 Å². The number of sulfonamides is 1. The summed E-state index contributed by atoms with van der Waals surface area (Å²) in [5.41, 5.74) is 0. The number of aliphatic hydroxyl groups excluding tert-OH is 1. The lowest BCUT2D eigenvalue weighted by molar-refractivity contribution is 0.155. The van der Waals surface area contributed by atoms with Gasteiger partial charge in [0, 0.05) is 6.54 Å². The summed E-state index contributed by atoms with van der Waals surface area (Å²) in [4.78, 5) is -0.0304. The van der Waals surface area contributed by atoms with Crippen LogP contribution in [0, 0.1) is 5.92 Å². The van der Waals surface area contributed by atoms with Crippen LogP contribution in [0.3, 0.4) is 0 Å². The van der Waals surface area contributed by atoms with Gasteiger partial charge in [-0.15, -0.1) is 11.3 Å². The molecular formula is C9H11Cl2NO3S2. The highest BCUT2D eigenvalue weighted by Gasteiger charge is 2.31. The van der Waals surface area contributed by atoms with E-state index in [1.807, 2.05) is 0 Å². The number of aliphatic hydroxyl groups is 1. The molecule has 2 rings (SSSR count). The molecular weight excluding hydrogens is 305 g/mol. The Morgan fingerprint density at radius 2 is 2.18 bits per heavy atom. The van der Waals surface area contributed by atoms with E-state index in [0.717, 1.165) is 24.2 Å². The highest BCUT2D eigenvalue weighted by atomic mass is 35.5. The maximum Gasteiger partial charge on any atom is 0.243 e. The first-order valence-corrected chi connectivity index (χ1v) is 8.08. The predicted octanol–water partition coefficient (Wildman–Crippen LogP) is 2.10. The monoisotopic (exact) mass is 315 g/mol. The topological polar surface area (TPSA) is 66.4 Å². The zero-order chi connectivity index (χ0) is 12.6. The van der Waals surface area contributed by atoms with Gasteiger partial charge in [0.15, 0.2) is 0 Å². The van der Waals surface area contributed by atoms with Gasteiger partial charge in [0.2, 0.25) is 10.0 Å². The molecule has 0 aromatic carbocycles. The van der Waals surface area contributed by atoms with Gasteiger partial charge in [-0.3, -0.25) is 0 Å². The number of halogens is 2. The summed E-state index contributed by atoms with van der Waals surface area (Å²) in [6, 6.07) is 1.31. The van der Waals surface area contributed by atoms with Crippen LogP contribution in [0.5, 0.6) is 0 Å². The maximum atomic E-state index is 11.9. The SMILES string of the molecule is O=S(=O)(NCC(O)C1CC1)c1cc(Cl)sc1Cl. The summed E-state index contributed by atoms with van der Waals surface area (Å²) >= 11 is 12.5. The van der Waals surface area contributed by atoms with Crippen LogP contribution in [0.2, 0.25) is 8.67 Å². The minimum atomic E-state index is -3.69. The predicted molar refractivity (Wildman–Crippen MR) is 68.3 cm³/mol. The first-order chi connectivity index (χ1) is 7.90. The van der Waals surface area contributed by atoms with E-state index < -0.39 is 16.1 Å². The molecule has 96 valence electrons. The number of hydrogen-bond acceptors (Lipinski definition) is 4. The van der Waals surface area contributed by atoms with E-state index in [9.17, 15) is 13.5 Å². The summed E-state index contributed by atoms with van der Waals surface area (Å²) in [5.74, 6) is 0.222. The molecule has 1 saturated carbocycles. The van der Waals surface area contributed by atoms with Crippen LogP contribution in [-0.2, 0) is 10.0 Å². The van der Waals surface area contributed by atoms with Crippen molar-refractivity contribution in [1.82, 2.24) is 4.72 Å². The second kappa shape index (κ2) is 5.03. The Hall–Kier alpha value is 0.150. The zero-order valence-corrected chi connectivity index (χ0v) is 11.8. The van der Waals surface area contributed by atoms with Gasteiger partial charge >= 0.3 is 0 Å². The summed E-state index contributed by atoms with van der Waals surface area (Å²) in [7, 11) is -3.69. The molecule has 1 aliphatic carbocycles. The van der Waals surface area contributed by atoms with Crippen molar-refractivity contribution >= 4 is 44.6 Å². The number of thiophene rings is 1. The first kappa shape index (κ1) is 13.6. The smallest absolute Gasteiger partial charge is 0.243 e. The largest absolute Gasteiger partial charge is 0.391 e. The van der Waals surface area contributed by atoms with Gasteiger partial charge in [0.05, 0.1) is 10.4 Å². The maximum absolute atomic E-state index is 11.9. The minimum absolute atomic E-state index is 0.0107. The third-order valence-corrected chi connectivity index (χ3v) is 5.74. The minimum Gasteiger partial charge on any atom is -0.391 e. The third kappa shape index (κ3) is 3.33. The molecule has 0 bridgehead atoms. The Morgan fingerprint density at radius 1 is 1.53 bits per heavy atom. The van der Waals surface area contributed by atoms with Gasteiger partial charge in [-0.05, 0) is 24.8 Å². The van der Waals surface area contributed by atoms with Crippen LogP contribution in [-0.4, -0.2) is 26.2 Å². The van der Waals surface area contributed by atoms with E-state index in [0.29, 0.717) is 4.34 Å². The Balaban J connectivity index is 2.05. The van der Waals surface area contributed by atoms with Crippen LogP contribution >= 0.6 is 34.5 Å². The molecule has 2 N–H and O–H groups in total. The van der Waals surface area contributed by atoms with Crippen LogP contribution in [0.15, 0.2) is 11.0 Å². The van der Waals surface area contributed by atoms with Crippen molar-refractivity contribution in [3.05, 3.63) is 14.7 Å². The fourth-order valence-electron chi connectivity index (χ4n) is 1.43. The van der Waals surface area contributed by atoms with E-state index >= 15 is 0 Å². The average Bonchev–Trinajstić information content (AvgIpc) is 3.01. The molecule has 1 atom stereocenters. The molecule has 0 saturated heterocycles. The van der Waals surface area contributed by atoms with Crippen LogP contribution < -0.4 is 4.72 Å². The fraction of sp³-hybridized carbons (Fsp3) is 0.556. The van der Waals surface area contributed by atoms with Gasteiger partial charge in [-0.25, -0.2) is 13.1 Å². The van der Waals surface area contributed by atoms with Crippen molar-refractivity contribution in [3.63, 3.8) is 0 Å². The average molecular weight is 316 g/mol. The van der Waals surface area contributed by atoms with Crippen molar-refractivity contribution < 1.29 is 13.5 Å². The Morgan fingerprint density at radius 3 is 2.65 bits per heavy atom. The van der Waals surface area contributed by atoms with Gasteiger partial charge in [-0.1, -0.05) is 23.2 Å². The molecule has 1 aliphatic rings. The van der Waals surface area contributed by atoms with Gasteiger partial charge in [-0.2, -0.15) is 0 Å². The molecule has 0 amide bonds. The van der Waals surface area contributed by atoms with Crippen molar-refractivity contribution in [2.24, 2.45) is 5.92 Å². The van der Waals surface area contributed by atoms with E-state index in [1.54, 1.807) is 0 Å². The van der Waals surface area contributed by atoms with Crippen LogP contribution in [0.1, 0.15) is 12.8 Å². The van der Waals surface area contributed by atoms with Gasteiger partial charge in [0.25, 0.3) is 0 Å². The molecule has 17 heavy (non-hydrogen) atoms. The summed E-state index contributed by atoms with van der Waals surface area (Å²) < 4.78 is 26.5. The highest BCUT2D eigenvalue weighted by molar-refractivity contribution is 7.89. The van der Waals surface area contributed by atoms with E-state index in [4.69, 9.17) is 23.2 Å². The second-order valence-electron chi connectivity index (χ2n) is 3.95. The number of rotatable bonds is 5. The summed E-state index contributed by atoms with van der Waals surface area (Å²) in [6.45, 7) is 0.0107. The van der Waals surface area contributed by atoms with Gasteiger partial charge in [0.1, 0.15) is 9.23 Å². The first-order valence-electron chi connectivity index (χ1n) is 5.02. The standard InChI is InChI=1S/C9H11Cl2NO3S2/c10-8-3-7(9(11)16-8)17(14,15)12-4-6(13)5-1-2-5/h3,5-6,12-13H,1-2,4H2. The number of nitrogens with one attached hydrogen (secondary N) is 1. The van der Waals surface area contributed by atoms with E-state index in [2.05, 4.69) is 4.72 Å². The Kier molecular flexibility index (Phi) is 4.02. The fourth-order valence-corrected chi connectivity index (χ4v) is 4.63. The Bertz CT molecular complexity index is 510. The van der Waals surface area contributed by atoms with Crippen LogP contribution in [0.25, 0.3) is 0 Å². The number of hydrogen-bond donors (Lipinski definition) is 2. The van der Waals surface area contributed by atoms with Crippen molar-refractivity contribution in [3.8, 4) is 0 Å². The second-order valence-corrected chi connectivity index (χ2v) is 7.97. The van der Waals surface area contributed by atoms with Gasteiger partial charge < -0.3 is 5.11 Å². The highest BCUT2D eigenvalue weighted by Crippen LogP contribution is 2.35. The quantitative estimate of drug-likeness (QED) is 0.874. The molecule has 0 spiro atoms. The molecule has 1 aromatic heterocycles. The molecule has 1 fully saturated rings. The normalized spacial score (nSPS) is 18.3. The molecule has 4 nitrogen and oxygen atoms in total. The lowest BCUT2D eigenvalue weighted by Crippen LogP contribution is -2.33. The van der Waals surface area contributed by atoms with Crippen molar-refractivity contribution in [2.45, 2.75) is 23.8 Å². The lowest BCUT2D eigenvalue weighted by atomic mass is 10.2. The van der Waals surface area contributed by atoms with E-state index in [-0.39, 0.29) is 21.7 Å².